The van der Waals surface area contributed by atoms with Crippen molar-refractivity contribution in [2.75, 3.05) is 7.05 Å². The summed E-state index contributed by atoms with van der Waals surface area (Å²) in [4.78, 5) is 13.8. The van der Waals surface area contributed by atoms with E-state index in [2.05, 4.69) is 62.2 Å². The summed E-state index contributed by atoms with van der Waals surface area (Å²) in [5.74, 6) is 0. The van der Waals surface area contributed by atoms with Gasteiger partial charge in [-0.15, -0.1) is 0 Å². The Morgan fingerprint density at radius 2 is 1.45 bits per heavy atom. The quantitative estimate of drug-likeness (QED) is 0.795. The zero-order valence-corrected chi connectivity index (χ0v) is 13.4. The van der Waals surface area contributed by atoms with Crippen molar-refractivity contribution >= 4 is 6.29 Å². The standard InChI is InChI=1S/C20H21NO/c1-4-19-15-8-6-7-9-16(15)20(5-2,21(19)3)18-12-14(13-22)10-11-17(18)19/h6-13H,4-5H2,1-3H3. The van der Waals surface area contributed by atoms with Crippen LogP contribution in [0, 0.1) is 0 Å². The molecule has 0 radical (unpaired) electrons. The van der Waals surface area contributed by atoms with E-state index in [9.17, 15) is 4.79 Å². The van der Waals surface area contributed by atoms with Gasteiger partial charge < -0.3 is 0 Å². The number of rotatable bonds is 3. The van der Waals surface area contributed by atoms with Gasteiger partial charge in [0.15, 0.2) is 0 Å². The van der Waals surface area contributed by atoms with E-state index >= 15 is 0 Å². The van der Waals surface area contributed by atoms with Gasteiger partial charge in [0.2, 0.25) is 0 Å². The minimum atomic E-state index is -0.0963. The Labute approximate surface area is 131 Å². The van der Waals surface area contributed by atoms with Crippen molar-refractivity contribution in [1.82, 2.24) is 4.90 Å². The molecule has 0 aromatic heterocycles. The molecule has 0 spiro atoms. The van der Waals surface area contributed by atoms with Crippen LogP contribution >= 0.6 is 0 Å². The van der Waals surface area contributed by atoms with E-state index < -0.39 is 0 Å². The summed E-state index contributed by atoms with van der Waals surface area (Å²) in [6.45, 7) is 4.52. The van der Waals surface area contributed by atoms with E-state index in [1.165, 1.54) is 22.3 Å². The lowest BCUT2D eigenvalue weighted by atomic mass is 9.70. The zero-order chi connectivity index (χ0) is 15.5. The van der Waals surface area contributed by atoms with E-state index in [1.54, 1.807) is 0 Å². The van der Waals surface area contributed by atoms with Crippen LogP contribution in [0.5, 0.6) is 0 Å². The average molecular weight is 291 g/mol. The van der Waals surface area contributed by atoms with Crippen molar-refractivity contribution in [3.05, 3.63) is 70.3 Å². The Bertz CT molecular complexity index is 781. The number of carbonyl (C=O) groups is 1. The summed E-state index contributed by atoms with van der Waals surface area (Å²) in [6.07, 6.45) is 3.01. The monoisotopic (exact) mass is 291 g/mol. The number of nitrogens with zero attached hydrogens (tertiary/aromatic N) is 1. The molecule has 0 fully saturated rings. The smallest absolute Gasteiger partial charge is 0.150 e. The zero-order valence-electron chi connectivity index (χ0n) is 13.4. The summed E-state index contributed by atoms with van der Waals surface area (Å²) in [7, 11) is 2.24. The molecule has 2 unspecified atom stereocenters. The third-order valence-electron chi connectivity index (χ3n) is 6.06. The molecule has 0 amide bonds. The second kappa shape index (κ2) is 4.30. The van der Waals surface area contributed by atoms with Crippen LogP contribution in [-0.2, 0) is 11.1 Å². The normalized spacial score (nSPS) is 28.5. The largest absolute Gasteiger partial charge is 0.298 e. The molecule has 0 aliphatic carbocycles. The average Bonchev–Trinajstić information content (AvgIpc) is 2.94. The van der Waals surface area contributed by atoms with Gasteiger partial charge in [0, 0.05) is 5.56 Å². The second-order valence-corrected chi connectivity index (χ2v) is 6.46. The first-order valence-corrected chi connectivity index (χ1v) is 8.11. The molecule has 2 bridgehead atoms. The van der Waals surface area contributed by atoms with Gasteiger partial charge in [-0.2, -0.15) is 0 Å². The highest BCUT2D eigenvalue weighted by atomic mass is 16.1. The molecule has 4 rings (SSSR count). The molecule has 2 aliphatic rings. The van der Waals surface area contributed by atoms with Gasteiger partial charge in [-0.25, -0.2) is 0 Å². The Morgan fingerprint density at radius 1 is 0.909 bits per heavy atom. The van der Waals surface area contributed by atoms with Crippen molar-refractivity contribution in [2.45, 2.75) is 37.8 Å². The van der Waals surface area contributed by atoms with Crippen molar-refractivity contribution in [2.24, 2.45) is 0 Å². The summed E-state index contributed by atoms with van der Waals surface area (Å²) in [5, 5.41) is 0. The molecule has 0 saturated heterocycles. The fourth-order valence-corrected chi connectivity index (χ4v) is 5.12. The SMILES string of the molecule is CCC12c3ccccc3C(CC)(c3cc(C=O)ccc31)N2C. The second-order valence-electron chi connectivity index (χ2n) is 6.46. The van der Waals surface area contributed by atoms with Crippen molar-refractivity contribution in [1.29, 1.82) is 0 Å². The third-order valence-corrected chi connectivity index (χ3v) is 6.06. The molecule has 0 N–H and O–H groups in total. The van der Waals surface area contributed by atoms with Gasteiger partial charge in [-0.05, 0) is 48.2 Å². The lowest BCUT2D eigenvalue weighted by Crippen LogP contribution is -2.42. The number of fused-ring (bicyclic) bond motifs is 8. The first-order chi connectivity index (χ1) is 10.7. The molecule has 2 heteroatoms. The molecule has 0 saturated carbocycles. The highest BCUT2D eigenvalue weighted by Gasteiger charge is 2.63. The maximum atomic E-state index is 11.3. The summed E-state index contributed by atoms with van der Waals surface area (Å²) >= 11 is 0. The number of benzene rings is 2. The highest BCUT2D eigenvalue weighted by molar-refractivity contribution is 5.77. The summed E-state index contributed by atoms with van der Waals surface area (Å²) in [6, 6.07) is 15.1. The molecular weight excluding hydrogens is 270 g/mol. The van der Waals surface area contributed by atoms with E-state index in [-0.39, 0.29) is 11.1 Å². The first-order valence-electron chi connectivity index (χ1n) is 8.11. The predicted molar refractivity (Wildman–Crippen MR) is 88.2 cm³/mol. The third kappa shape index (κ3) is 1.21. The molecule has 22 heavy (non-hydrogen) atoms. The summed E-state index contributed by atoms with van der Waals surface area (Å²) in [5.41, 5.74) is 6.18. The number of hydrogen-bond acceptors (Lipinski definition) is 2. The molecule has 2 nitrogen and oxygen atoms in total. The minimum Gasteiger partial charge on any atom is -0.298 e. The lowest BCUT2D eigenvalue weighted by molar-refractivity contribution is 0.103. The molecule has 2 aliphatic heterocycles. The molecule has 2 aromatic rings. The van der Waals surface area contributed by atoms with Crippen molar-refractivity contribution < 1.29 is 4.79 Å². The van der Waals surface area contributed by atoms with Gasteiger partial charge in [0.05, 0.1) is 11.1 Å². The Morgan fingerprint density at radius 3 is 2.00 bits per heavy atom. The van der Waals surface area contributed by atoms with Crippen LogP contribution in [0.25, 0.3) is 0 Å². The van der Waals surface area contributed by atoms with Crippen LogP contribution < -0.4 is 0 Å². The maximum absolute atomic E-state index is 11.3. The van der Waals surface area contributed by atoms with Crippen LogP contribution in [0.4, 0.5) is 0 Å². The number of aldehydes is 1. The fraction of sp³-hybridized carbons (Fsp3) is 0.350. The Balaban J connectivity index is 2.14. The van der Waals surface area contributed by atoms with Gasteiger partial charge in [-0.1, -0.05) is 50.2 Å². The van der Waals surface area contributed by atoms with Gasteiger partial charge in [-0.3, -0.25) is 9.69 Å². The van der Waals surface area contributed by atoms with Crippen molar-refractivity contribution in [3.8, 4) is 0 Å². The van der Waals surface area contributed by atoms with E-state index in [0.717, 1.165) is 24.7 Å². The molecule has 2 aromatic carbocycles. The van der Waals surface area contributed by atoms with Gasteiger partial charge in [0.1, 0.15) is 6.29 Å². The van der Waals surface area contributed by atoms with Crippen LogP contribution in [0.3, 0.4) is 0 Å². The van der Waals surface area contributed by atoms with Crippen LogP contribution in [0.15, 0.2) is 42.5 Å². The van der Waals surface area contributed by atoms with Gasteiger partial charge in [0.25, 0.3) is 0 Å². The number of carbonyl (C=O) groups excluding carboxylic acids is 1. The number of hydrogen-bond donors (Lipinski definition) is 0. The van der Waals surface area contributed by atoms with Crippen molar-refractivity contribution in [3.63, 3.8) is 0 Å². The Hall–Kier alpha value is -1.93. The van der Waals surface area contributed by atoms with Crippen LogP contribution in [0.1, 0.15) is 59.3 Å². The topological polar surface area (TPSA) is 20.3 Å². The van der Waals surface area contributed by atoms with E-state index in [1.807, 2.05) is 6.07 Å². The molecule has 2 atom stereocenters. The fourth-order valence-electron chi connectivity index (χ4n) is 5.12. The minimum absolute atomic E-state index is 0.0522. The maximum Gasteiger partial charge on any atom is 0.150 e. The highest BCUT2D eigenvalue weighted by Crippen LogP contribution is 2.64. The van der Waals surface area contributed by atoms with E-state index in [0.29, 0.717) is 0 Å². The Kier molecular flexibility index (Phi) is 2.68. The molecular formula is C20H21NO. The van der Waals surface area contributed by atoms with E-state index in [4.69, 9.17) is 0 Å². The molecule has 112 valence electrons. The van der Waals surface area contributed by atoms with Crippen LogP contribution in [-0.4, -0.2) is 18.2 Å². The predicted octanol–water partition coefficient (Wildman–Crippen LogP) is 4.07. The van der Waals surface area contributed by atoms with Crippen LogP contribution in [0.2, 0.25) is 0 Å². The first kappa shape index (κ1) is 13.7. The molecule has 2 heterocycles. The summed E-state index contributed by atoms with van der Waals surface area (Å²) < 4.78 is 0. The van der Waals surface area contributed by atoms with Gasteiger partial charge >= 0.3 is 0 Å². The lowest BCUT2D eigenvalue weighted by Gasteiger charge is -2.36.